The molecule has 2 heterocycles. The van der Waals surface area contributed by atoms with Crippen LogP contribution in [-0.2, 0) is 11.3 Å². The van der Waals surface area contributed by atoms with E-state index in [1.54, 1.807) is 12.1 Å². The quantitative estimate of drug-likeness (QED) is 0.846. The fourth-order valence-electron chi connectivity index (χ4n) is 2.26. The molecule has 0 atom stereocenters. The number of halogens is 1. The molecule has 19 heavy (non-hydrogen) atoms. The first kappa shape index (κ1) is 12.2. The summed E-state index contributed by atoms with van der Waals surface area (Å²) in [7, 11) is 0. The third kappa shape index (κ3) is 1.90. The van der Waals surface area contributed by atoms with Crippen molar-refractivity contribution in [2.75, 3.05) is 6.54 Å². The zero-order valence-corrected chi connectivity index (χ0v) is 11.4. The number of hydrogen-bond acceptors (Lipinski definition) is 3. The van der Waals surface area contributed by atoms with Crippen molar-refractivity contribution >= 4 is 33.8 Å². The van der Waals surface area contributed by atoms with Crippen LogP contribution in [0.3, 0.4) is 0 Å². The fourth-order valence-corrected chi connectivity index (χ4v) is 2.75. The van der Waals surface area contributed by atoms with E-state index < -0.39 is 6.03 Å². The zero-order valence-electron chi connectivity index (χ0n) is 9.85. The molecule has 2 aliphatic rings. The van der Waals surface area contributed by atoms with Gasteiger partial charge in [0, 0.05) is 22.0 Å². The van der Waals surface area contributed by atoms with Crippen molar-refractivity contribution in [3.8, 4) is 0 Å². The molecule has 1 saturated heterocycles. The topological polar surface area (TPSA) is 69.7 Å². The molecule has 0 bridgehead atoms. The average molecular weight is 324 g/mol. The van der Waals surface area contributed by atoms with Gasteiger partial charge in [0.05, 0.1) is 13.1 Å². The second kappa shape index (κ2) is 4.34. The summed E-state index contributed by atoms with van der Waals surface area (Å²) in [4.78, 5) is 35.2. The van der Waals surface area contributed by atoms with Gasteiger partial charge in [0.15, 0.2) is 0 Å². The van der Waals surface area contributed by atoms with Crippen LogP contribution in [0.2, 0.25) is 0 Å². The smallest absolute Gasteiger partial charge is 0.276 e. The molecule has 0 saturated carbocycles. The predicted octanol–water partition coefficient (Wildman–Crippen LogP) is 1.26. The number of carbonyl (C=O) groups excluding carboxylic acids is 3. The van der Waals surface area contributed by atoms with Crippen LogP contribution in [0, 0.1) is 0 Å². The summed E-state index contributed by atoms with van der Waals surface area (Å²) in [5.74, 6) is -0.535. The molecule has 0 spiro atoms. The third-order valence-corrected chi connectivity index (χ3v) is 3.96. The number of fused-ring (bicyclic) bond motifs is 1. The van der Waals surface area contributed by atoms with Crippen LogP contribution < -0.4 is 5.32 Å². The summed E-state index contributed by atoms with van der Waals surface area (Å²) < 4.78 is 0.842. The highest BCUT2D eigenvalue weighted by Crippen LogP contribution is 2.30. The van der Waals surface area contributed by atoms with Gasteiger partial charge in [-0.25, -0.2) is 14.8 Å². The van der Waals surface area contributed by atoms with Crippen molar-refractivity contribution in [1.82, 2.24) is 15.3 Å². The highest BCUT2D eigenvalue weighted by atomic mass is 79.9. The minimum Gasteiger partial charge on any atom is -0.276 e. The number of nitrogens with zero attached hydrogens (tertiary/aromatic N) is 2. The van der Waals surface area contributed by atoms with E-state index in [1.807, 2.05) is 6.07 Å². The first-order valence-electron chi connectivity index (χ1n) is 5.78. The highest BCUT2D eigenvalue weighted by molar-refractivity contribution is 9.10. The Morgan fingerprint density at radius 2 is 1.95 bits per heavy atom. The lowest BCUT2D eigenvalue weighted by Crippen LogP contribution is -2.56. The summed E-state index contributed by atoms with van der Waals surface area (Å²) in [6, 6.07) is 4.82. The molecule has 4 amide bonds. The van der Waals surface area contributed by atoms with Crippen molar-refractivity contribution in [2.45, 2.75) is 13.0 Å². The van der Waals surface area contributed by atoms with E-state index in [9.17, 15) is 14.4 Å². The van der Waals surface area contributed by atoms with Gasteiger partial charge >= 0.3 is 6.03 Å². The maximum Gasteiger partial charge on any atom is 0.342 e. The molecular formula is C12H10BrN3O3. The summed E-state index contributed by atoms with van der Waals surface area (Å²) in [5, 5.41) is 4.87. The van der Waals surface area contributed by atoms with Gasteiger partial charge in [-0.1, -0.05) is 22.0 Å². The summed E-state index contributed by atoms with van der Waals surface area (Å²) in [6.45, 7) is 0.555. The van der Waals surface area contributed by atoms with Gasteiger partial charge in [0.25, 0.3) is 5.91 Å². The molecule has 1 N–H and O–H groups in total. The van der Waals surface area contributed by atoms with Crippen LogP contribution in [0.5, 0.6) is 0 Å². The molecule has 0 aliphatic carbocycles. The van der Waals surface area contributed by atoms with Crippen molar-refractivity contribution < 1.29 is 14.4 Å². The lowest BCUT2D eigenvalue weighted by molar-refractivity contribution is -0.123. The Bertz CT molecular complexity index is 602. The third-order valence-electron chi connectivity index (χ3n) is 3.21. The molecule has 2 aliphatic heterocycles. The van der Waals surface area contributed by atoms with Gasteiger partial charge in [-0.3, -0.25) is 14.9 Å². The Morgan fingerprint density at radius 1 is 1.16 bits per heavy atom. The Balaban J connectivity index is 1.90. The fraction of sp³-hybridized carbons (Fsp3) is 0.250. The maximum atomic E-state index is 12.3. The van der Waals surface area contributed by atoms with E-state index in [-0.39, 0.29) is 24.8 Å². The van der Waals surface area contributed by atoms with Gasteiger partial charge in [-0.05, 0) is 12.1 Å². The summed E-state index contributed by atoms with van der Waals surface area (Å²) in [5.41, 5.74) is 1.44. The SMILES string of the molecule is O=C1CCN(N2Cc3c(Br)cccc3C2=O)C(=O)N1. The number of imide groups is 1. The van der Waals surface area contributed by atoms with Gasteiger partial charge in [-0.2, -0.15) is 0 Å². The van der Waals surface area contributed by atoms with Gasteiger partial charge in [0.2, 0.25) is 5.91 Å². The molecule has 7 heteroatoms. The number of amides is 4. The van der Waals surface area contributed by atoms with Gasteiger partial charge in [0.1, 0.15) is 0 Å². The number of hydrogen-bond donors (Lipinski definition) is 1. The van der Waals surface area contributed by atoms with Gasteiger partial charge in [-0.15, -0.1) is 0 Å². The van der Waals surface area contributed by atoms with Crippen LogP contribution in [0.1, 0.15) is 22.3 Å². The van der Waals surface area contributed by atoms with E-state index in [0.717, 1.165) is 10.0 Å². The molecule has 1 aromatic rings. The molecule has 98 valence electrons. The minimum atomic E-state index is -0.548. The Labute approximate surface area is 117 Å². The standard InChI is InChI=1S/C12H10BrN3O3/c13-9-3-1-2-7-8(9)6-16(11(7)18)15-5-4-10(17)14-12(15)19/h1-3H,4-6H2,(H,14,17,19). The maximum absolute atomic E-state index is 12.3. The number of nitrogens with one attached hydrogen (secondary N) is 1. The first-order chi connectivity index (χ1) is 9.08. The summed E-state index contributed by atoms with van der Waals surface area (Å²) >= 11 is 3.40. The average Bonchev–Trinajstić information content (AvgIpc) is 2.69. The van der Waals surface area contributed by atoms with Crippen LogP contribution in [-0.4, -0.2) is 34.4 Å². The minimum absolute atomic E-state index is 0.201. The van der Waals surface area contributed by atoms with Gasteiger partial charge < -0.3 is 0 Å². The Morgan fingerprint density at radius 3 is 2.63 bits per heavy atom. The van der Waals surface area contributed by atoms with Crippen LogP contribution in [0.25, 0.3) is 0 Å². The van der Waals surface area contributed by atoms with Crippen LogP contribution >= 0.6 is 15.9 Å². The van der Waals surface area contributed by atoms with Crippen LogP contribution in [0.15, 0.2) is 22.7 Å². The normalized spacial score (nSPS) is 18.7. The van der Waals surface area contributed by atoms with E-state index in [4.69, 9.17) is 0 Å². The molecule has 1 fully saturated rings. The highest BCUT2D eigenvalue weighted by Gasteiger charge is 2.37. The number of benzene rings is 1. The molecule has 0 radical (unpaired) electrons. The Kier molecular flexibility index (Phi) is 2.78. The van der Waals surface area contributed by atoms with E-state index in [1.165, 1.54) is 10.0 Å². The Hall–Kier alpha value is -1.89. The number of urea groups is 1. The second-order valence-corrected chi connectivity index (χ2v) is 5.21. The first-order valence-corrected chi connectivity index (χ1v) is 6.58. The lowest BCUT2D eigenvalue weighted by atomic mass is 10.1. The largest absolute Gasteiger partial charge is 0.342 e. The molecule has 1 aromatic carbocycles. The number of rotatable bonds is 1. The van der Waals surface area contributed by atoms with Crippen LogP contribution in [0.4, 0.5) is 4.79 Å². The number of hydrazine groups is 1. The zero-order chi connectivity index (χ0) is 13.6. The molecule has 3 rings (SSSR count). The van der Waals surface area contributed by atoms with Crippen molar-refractivity contribution in [1.29, 1.82) is 0 Å². The molecule has 0 aromatic heterocycles. The van der Waals surface area contributed by atoms with Crippen molar-refractivity contribution in [3.05, 3.63) is 33.8 Å². The number of carbonyl (C=O) groups is 3. The molecular weight excluding hydrogens is 314 g/mol. The predicted molar refractivity (Wildman–Crippen MR) is 68.9 cm³/mol. The lowest BCUT2D eigenvalue weighted by Gasteiger charge is -2.33. The van der Waals surface area contributed by atoms with E-state index in [2.05, 4.69) is 21.2 Å². The van der Waals surface area contributed by atoms with E-state index >= 15 is 0 Å². The van der Waals surface area contributed by atoms with Crippen molar-refractivity contribution in [2.24, 2.45) is 0 Å². The summed E-state index contributed by atoms with van der Waals surface area (Å²) in [6.07, 6.45) is 0.201. The monoisotopic (exact) mass is 323 g/mol. The van der Waals surface area contributed by atoms with Crippen molar-refractivity contribution in [3.63, 3.8) is 0 Å². The molecule has 0 unspecified atom stereocenters. The van der Waals surface area contributed by atoms with E-state index in [0.29, 0.717) is 12.1 Å². The molecule has 6 nitrogen and oxygen atoms in total. The second-order valence-electron chi connectivity index (χ2n) is 4.36.